The number of ketones is 1. The fourth-order valence-electron chi connectivity index (χ4n) is 7.21. The number of oxime groups is 1. The van der Waals surface area contributed by atoms with Crippen LogP contribution in [0.1, 0.15) is 84.1 Å². The molecule has 14 nitrogen and oxygen atoms in total. The third kappa shape index (κ3) is 9.44. The van der Waals surface area contributed by atoms with Gasteiger partial charge in [0, 0.05) is 56.5 Å². The van der Waals surface area contributed by atoms with E-state index in [0.29, 0.717) is 65.5 Å². The van der Waals surface area contributed by atoms with E-state index in [1.54, 1.807) is 26.0 Å². The fraction of sp³-hybridized carbons (Fsp3) is 0.658. The van der Waals surface area contributed by atoms with Crippen molar-refractivity contribution in [3.05, 3.63) is 35.0 Å². The van der Waals surface area contributed by atoms with Gasteiger partial charge in [0.1, 0.15) is 23.6 Å². The van der Waals surface area contributed by atoms with Crippen molar-refractivity contribution in [2.45, 2.75) is 114 Å². The van der Waals surface area contributed by atoms with Gasteiger partial charge in [-0.2, -0.15) is 0 Å². The lowest BCUT2D eigenvalue weighted by Crippen LogP contribution is -2.61. The average molecular weight is 760 g/mol. The van der Waals surface area contributed by atoms with Gasteiger partial charge in [-0.15, -0.1) is 0 Å². The molecule has 3 N–H and O–H groups in total. The maximum absolute atomic E-state index is 14.8. The topological polar surface area (TPSA) is 166 Å². The van der Waals surface area contributed by atoms with Crippen LogP contribution in [0.3, 0.4) is 0 Å². The van der Waals surface area contributed by atoms with Gasteiger partial charge >= 0.3 is 0 Å². The molecule has 4 aliphatic rings. The van der Waals surface area contributed by atoms with Crippen LogP contribution in [0.2, 0.25) is 5.02 Å². The normalized spacial score (nSPS) is 22.7. The monoisotopic (exact) mass is 759 g/mol. The standard InChI is InChI=1S/C38H54ClN5O9/c1-8-9-27(32(45)35(47)41-24-10-11-24)42-34(46)29-20-38(19-28(43-53-38)25-17-26(39)31(50-6)18-30(25)49-5)21-44(29)36(48)33(37(3,4)51-7)40-22(2)16-23-12-14-52-15-13-23/h17-18,23-24,27,29,33,40H,2,8-16,19-21H2,1,3-7H3,(H,41,47)(H,42,46)/t27-,29-,33+,38+/m0/s1. The number of hydrogen-bond acceptors (Lipinski definition) is 11. The molecule has 2 saturated heterocycles. The lowest BCUT2D eigenvalue weighted by Gasteiger charge is -2.38. The predicted molar refractivity (Wildman–Crippen MR) is 198 cm³/mol. The molecule has 3 fully saturated rings. The van der Waals surface area contributed by atoms with E-state index in [1.807, 2.05) is 6.92 Å². The molecule has 1 aromatic rings. The summed E-state index contributed by atoms with van der Waals surface area (Å²) in [7, 11) is 4.56. The molecular formula is C38H54ClN5O9. The number of allylic oxidation sites excluding steroid dienone is 1. The molecule has 5 rings (SSSR count). The third-order valence-electron chi connectivity index (χ3n) is 10.6. The zero-order chi connectivity index (χ0) is 38.5. The number of carbonyl (C=O) groups excluding carboxylic acids is 4. The van der Waals surface area contributed by atoms with Crippen LogP contribution in [0, 0.1) is 5.92 Å². The van der Waals surface area contributed by atoms with Crippen molar-refractivity contribution in [2.75, 3.05) is 41.1 Å². The molecule has 292 valence electrons. The summed E-state index contributed by atoms with van der Waals surface area (Å²) in [6.07, 6.45) is 5.16. The summed E-state index contributed by atoms with van der Waals surface area (Å²) in [5.41, 5.74) is -0.344. The summed E-state index contributed by atoms with van der Waals surface area (Å²) < 4.78 is 22.4. The van der Waals surface area contributed by atoms with Crippen molar-refractivity contribution < 1.29 is 43.0 Å². The highest BCUT2D eigenvalue weighted by Gasteiger charge is 2.56. The Bertz CT molecular complexity index is 1590. The van der Waals surface area contributed by atoms with Crippen LogP contribution < -0.4 is 25.4 Å². The van der Waals surface area contributed by atoms with Gasteiger partial charge in [-0.1, -0.05) is 36.7 Å². The molecule has 3 amide bonds. The Morgan fingerprint density at radius 3 is 2.40 bits per heavy atom. The van der Waals surface area contributed by atoms with Gasteiger partial charge in [0.15, 0.2) is 5.60 Å². The molecule has 0 bridgehead atoms. The zero-order valence-corrected chi connectivity index (χ0v) is 32.4. The molecule has 0 aromatic heterocycles. The second kappa shape index (κ2) is 17.1. The molecule has 3 aliphatic heterocycles. The highest BCUT2D eigenvalue weighted by atomic mass is 35.5. The number of rotatable bonds is 17. The first-order chi connectivity index (χ1) is 25.2. The first-order valence-electron chi connectivity index (χ1n) is 18.4. The van der Waals surface area contributed by atoms with E-state index in [2.05, 4.69) is 27.7 Å². The molecule has 1 aromatic carbocycles. The van der Waals surface area contributed by atoms with Gasteiger partial charge in [-0.3, -0.25) is 19.2 Å². The number of nitrogens with zero attached hydrogens (tertiary/aromatic N) is 2. The number of nitrogens with one attached hydrogen (secondary N) is 3. The van der Waals surface area contributed by atoms with Crippen molar-refractivity contribution >= 4 is 40.8 Å². The Hall–Kier alpha value is -3.88. The fourth-order valence-corrected chi connectivity index (χ4v) is 7.45. The van der Waals surface area contributed by atoms with Gasteiger partial charge in [0.05, 0.1) is 43.1 Å². The maximum atomic E-state index is 14.8. The van der Waals surface area contributed by atoms with Crippen molar-refractivity contribution in [1.29, 1.82) is 0 Å². The quantitative estimate of drug-likeness (QED) is 0.200. The Morgan fingerprint density at radius 1 is 1.08 bits per heavy atom. The minimum atomic E-state index is -1.10. The first kappa shape index (κ1) is 40.3. The van der Waals surface area contributed by atoms with E-state index in [1.165, 1.54) is 26.2 Å². The van der Waals surface area contributed by atoms with E-state index in [9.17, 15) is 19.2 Å². The number of likely N-dealkylation sites (tertiary alicyclic amines) is 1. The average Bonchev–Trinajstić information content (AvgIpc) is 3.74. The Labute approximate surface area is 316 Å². The second-order valence-electron chi connectivity index (χ2n) is 15.1. The minimum absolute atomic E-state index is 0.00208. The number of amides is 3. The van der Waals surface area contributed by atoms with E-state index in [-0.39, 0.29) is 31.8 Å². The van der Waals surface area contributed by atoms with Crippen LogP contribution >= 0.6 is 11.6 Å². The summed E-state index contributed by atoms with van der Waals surface area (Å²) in [6, 6.07) is 0.247. The Kier molecular flexibility index (Phi) is 13.0. The molecule has 4 atom stereocenters. The molecule has 3 heterocycles. The lowest BCUT2D eigenvalue weighted by atomic mass is 9.91. The maximum Gasteiger partial charge on any atom is 0.289 e. The summed E-state index contributed by atoms with van der Waals surface area (Å²) >= 11 is 6.49. The number of benzene rings is 1. The van der Waals surface area contributed by atoms with Crippen LogP contribution in [-0.4, -0.2) is 111 Å². The molecule has 1 spiro atoms. The largest absolute Gasteiger partial charge is 0.496 e. The summed E-state index contributed by atoms with van der Waals surface area (Å²) in [5, 5.41) is 13.7. The van der Waals surface area contributed by atoms with Crippen molar-refractivity contribution in [3.8, 4) is 11.5 Å². The molecule has 53 heavy (non-hydrogen) atoms. The van der Waals surface area contributed by atoms with Crippen molar-refractivity contribution in [2.24, 2.45) is 11.1 Å². The van der Waals surface area contributed by atoms with Crippen LogP contribution in [0.15, 0.2) is 29.6 Å². The van der Waals surface area contributed by atoms with E-state index in [0.717, 1.165) is 25.7 Å². The third-order valence-corrected chi connectivity index (χ3v) is 10.9. The van der Waals surface area contributed by atoms with Gasteiger partial charge < -0.3 is 44.6 Å². The highest BCUT2D eigenvalue weighted by Crippen LogP contribution is 2.42. The van der Waals surface area contributed by atoms with E-state index < -0.39 is 52.8 Å². The first-order valence-corrected chi connectivity index (χ1v) is 18.8. The summed E-state index contributed by atoms with van der Waals surface area (Å²) in [6.45, 7) is 11.1. The van der Waals surface area contributed by atoms with Gasteiger partial charge in [-0.25, -0.2) is 0 Å². The number of ether oxygens (including phenoxy) is 4. The molecule has 0 unspecified atom stereocenters. The molecule has 0 radical (unpaired) electrons. The summed E-state index contributed by atoms with van der Waals surface area (Å²) in [4.78, 5) is 62.9. The minimum Gasteiger partial charge on any atom is -0.496 e. The molecule has 1 saturated carbocycles. The highest BCUT2D eigenvalue weighted by molar-refractivity contribution is 6.38. The van der Waals surface area contributed by atoms with E-state index >= 15 is 0 Å². The Balaban J connectivity index is 1.43. The zero-order valence-electron chi connectivity index (χ0n) is 31.7. The van der Waals surface area contributed by atoms with Gasteiger partial charge in [0.2, 0.25) is 17.6 Å². The number of carbonyl (C=O) groups is 4. The number of hydrogen-bond donors (Lipinski definition) is 3. The van der Waals surface area contributed by atoms with E-state index in [4.69, 9.17) is 35.4 Å². The number of halogens is 1. The lowest BCUT2D eigenvalue weighted by molar-refractivity contribution is -0.147. The predicted octanol–water partition coefficient (Wildman–Crippen LogP) is 3.67. The summed E-state index contributed by atoms with van der Waals surface area (Å²) in [5.74, 6) is -1.17. The molecule has 15 heteroatoms. The second-order valence-corrected chi connectivity index (χ2v) is 15.5. The number of Topliss-reactive ketones (excluding diaryl/α,β-unsaturated/α-hetero) is 1. The van der Waals surface area contributed by atoms with Crippen LogP contribution in [0.5, 0.6) is 11.5 Å². The number of methoxy groups -OCH3 is 3. The molecular weight excluding hydrogens is 706 g/mol. The Morgan fingerprint density at radius 2 is 1.77 bits per heavy atom. The smallest absolute Gasteiger partial charge is 0.289 e. The van der Waals surface area contributed by atoms with Gasteiger partial charge in [0.25, 0.3) is 5.91 Å². The van der Waals surface area contributed by atoms with Gasteiger partial charge in [-0.05, 0) is 64.4 Å². The van der Waals surface area contributed by atoms with Crippen molar-refractivity contribution in [3.63, 3.8) is 0 Å². The van der Waals surface area contributed by atoms with Crippen LogP contribution in [-0.2, 0) is 33.5 Å². The molecule has 1 aliphatic carbocycles. The van der Waals surface area contributed by atoms with Crippen LogP contribution in [0.4, 0.5) is 0 Å². The van der Waals surface area contributed by atoms with Crippen LogP contribution in [0.25, 0.3) is 0 Å². The van der Waals surface area contributed by atoms with Crippen molar-refractivity contribution in [1.82, 2.24) is 20.9 Å². The SMILES string of the molecule is C=C(CC1CCOCC1)N[C@H](C(=O)N1C[C@@]2(CC(c3cc(Cl)c(OC)cc3OC)=NO2)C[C@H]1C(=O)N[C@@H](CCC)C(=O)C(=O)NC1CC1)C(C)(C)OC.